The van der Waals surface area contributed by atoms with E-state index in [4.69, 9.17) is 0 Å². The van der Waals surface area contributed by atoms with Gasteiger partial charge in [0, 0.05) is 30.7 Å². The fraction of sp³-hybridized carbons (Fsp3) is 0.579. The molecule has 144 valence electrons. The summed E-state index contributed by atoms with van der Waals surface area (Å²) in [5.41, 5.74) is 3.89. The standard InChI is InChI=1S/C19H25N5O2S/c1-12-17(27-11-20-12)19(26)24-8-4-5-13(10-24)15-9-16(23-22-15)18(25)21-14-6-2-3-7-14/h9,11,13-14H,2-8,10H2,1H3,(H,21,25)(H,22,23)/t13-/m0/s1. The Morgan fingerprint density at radius 1 is 1.26 bits per heavy atom. The van der Waals surface area contributed by atoms with Gasteiger partial charge in [0.25, 0.3) is 11.8 Å². The highest BCUT2D eigenvalue weighted by Gasteiger charge is 2.29. The second-order valence-corrected chi connectivity index (χ2v) is 8.38. The third-order valence-corrected chi connectivity index (χ3v) is 6.53. The van der Waals surface area contributed by atoms with Gasteiger partial charge in [0.2, 0.25) is 0 Å². The molecule has 1 saturated heterocycles. The van der Waals surface area contributed by atoms with Crippen LogP contribution in [0, 0.1) is 6.92 Å². The maximum absolute atomic E-state index is 12.8. The fourth-order valence-corrected chi connectivity index (χ4v) is 4.83. The van der Waals surface area contributed by atoms with E-state index in [1.165, 1.54) is 24.2 Å². The molecule has 0 aromatic carbocycles. The Bertz CT molecular complexity index is 824. The summed E-state index contributed by atoms with van der Waals surface area (Å²) in [5, 5.41) is 10.3. The number of likely N-dealkylation sites (tertiary alicyclic amines) is 1. The number of piperidine rings is 1. The summed E-state index contributed by atoms with van der Waals surface area (Å²) < 4.78 is 0. The number of hydrogen-bond donors (Lipinski definition) is 2. The van der Waals surface area contributed by atoms with Crippen LogP contribution >= 0.6 is 11.3 Å². The van der Waals surface area contributed by atoms with E-state index in [-0.39, 0.29) is 23.8 Å². The average molecular weight is 388 g/mol. The normalized spacial score (nSPS) is 20.8. The molecular weight excluding hydrogens is 362 g/mol. The first kappa shape index (κ1) is 18.2. The average Bonchev–Trinajstić information content (AvgIpc) is 3.43. The number of thiazole rings is 1. The molecular formula is C19H25N5O2S. The van der Waals surface area contributed by atoms with Crippen LogP contribution in [0.2, 0.25) is 0 Å². The van der Waals surface area contributed by atoms with Crippen LogP contribution in [-0.4, -0.2) is 51.0 Å². The predicted molar refractivity (Wildman–Crippen MR) is 103 cm³/mol. The molecule has 2 aromatic heterocycles. The zero-order valence-corrected chi connectivity index (χ0v) is 16.3. The first-order chi connectivity index (χ1) is 13.1. The zero-order chi connectivity index (χ0) is 18.8. The molecule has 2 aliphatic rings. The molecule has 1 saturated carbocycles. The summed E-state index contributed by atoms with van der Waals surface area (Å²) in [6.45, 7) is 3.27. The van der Waals surface area contributed by atoms with Crippen molar-refractivity contribution in [2.45, 2.75) is 57.4 Å². The molecule has 0 spiro atoms. The lowest BCUT2D eigenvalue weighted by atomic mass is 9.94. The predicted octanol–water partition coefficient (Wildman–Crippen LogP) is 2.87. The van der Waals surface area contributed by atoms with Crippen LogP contribution in [-0.2, 0) is 0 Å². The molecule has 0 bridgehead atoms. The number of carbonyl (C=O) groups excluding carboxylic acids is 2. The Hall–Kier alpha value is -2.22. The van der Waals surface area contributed by atoms with Gasteiger partial charge in [-0.3, -0.25) is 14.7 Å². The Morgan fingerprint density at radius 2 is 2.07 bits per heavy atom. The van der Waals surface area contributed by atoms with Crippen LogP contribution < -0.4 is 5.32 Å². The Morgan fingerprint density at radius 3 is 2.81 bits per heavy atom. The second-order valence-electron chi connectivity index (χ2n) is 7.52. The van der Waals surface area contributed by atoms with Crippen molar-refractivity contribution in [2.75, 3.05) is 13.1 Å². The summed E-state index contributed by atoms with van der Waals surface area (Å²) in [4.78, 5) is 32.0. The highest BCUT2D eigenvalue weighted by Crippen LogP contribution is 2.28. The molecule has 2 amide bonds. The van der Waals surface area contributed by atoms with E-state index in [1.807, 2.05) is 17.9 Å². The van der Waals surface area contributed by atoms with Gasteiger partial charge in [0.1, 0.15) is 10.6 Å². The van der Waals surface area contributed by atoms with E-state index in [0.29, 0.717) is 12.2 Å². The number of hydrogen-bond acceptors (Lipinski definition) is 5. The first-order valence-corrected chi connectivity index (χ1v) is 10.6. The van der Waals surface area contributed by atoms with E-state index in [1.54, 1.807) is 5.51 Å². The summed E-state index contributed by atoms with van der Waals surface area (Å²) in [7, 11) is 0. The first-order valence-electron chi connectivity index (χ1n) is 9.67. The second kappa shape index (κ2) is 7.80. The minimum absolute atomic E-state index is 0.0541. The van der Waals surface area contributed by atoms with Crippen molar-refractivity contribution >= 4 is 23.2 Å². The maximum atomic E-state index is 12.8. The zero-order valence-electron chi connectivity index (χ0n) is 15.5. The Balaban J connectivity index is 1.41. The molecule has 0 radical (unpaired) electrons. The van der Waals surface area contributed by atoms with Gasteiger partial charge in [-0.2, -0.15) is 5.10 Å². The number of H-pyrrole nitrogens is 1. The molecule has 0 unspecified atom stereocenters. The number of aromatic amines is 1. The van der Waals surface area contributed by atoms with Crippen molar-refractivity contribution in [1.29, 1.82) is 0 Å². The van der Waals surface area contributed by atoms with Crippen LogP contribution in [0.25, 0.3) is 0 Å². The van der Waals surface area contributed by atoms with Crippen molar-refractivity contribution in [1.82, 2.24) is 25.4 Å². The number of aromatic nitrogens is 3. The minimum Gasteiger partial charge on any atom is -0.348 e. The third-order valence-electron chi connectivity index (χ3n) is 5.61. The maximum Gasteiger partial charge on any atom is 0.271 e. The molecule has 1 aliphatic heterocycles. The lowest BCUT2D eigenvalue weighted by Gasteiger charge is -2.32. The quantitative estimate of drug-likeness (QED) is 0.844. The highest BCUT2D eigenvalue weighted by molar-refractivity contribution is 7.11. The number of nitrogens with one attached hydrogen (secondary N) is 2. The van der Waals surface area contributed by atoms with Gasteiger partial charge >= 0.3 is 0 Å². The van der Waals surface area contributed by atoms with E-state index < -0.39 is 0 Å². The molecule has 2 aromatic rings. The van der Waals surface area contributed by atoms with E-state index in [9.17, 15) is 9.59 Å². The lowest BCUT2D eigenvalue weighted by Crippen LogP contribution is -2.39. The summed E-state index contributed by atoms with van der Waals surface area (Å²) in [5.74, 6) is 0.128. The van der Waals surface area contributed by atoms with Crippen LogP contribution in [0.15, 0.2) is 11.6 Å². The topological polar surface area (TPSA) is 91.0 Å². The molecule has 2 N–H and O–H groups in total. The van der Waals surface area contributed by atoms with E-state index in [0.717, 1.165) is 48.5 Å². The molecule has 3 heterocycles. The van der Waals surface area contributed by atoms with Crippen LogP contribution in [0.5, 0.6) is 0 Å². The van der Waals surface area contributed by atoms with Gasteiger partial charge in [-0.15, -0.1) is 11.3 Å². The third kappa shape index (κ3) is 3.90. The van der Waals surface area contributed by atoms with Crippen molar-refractivity contribution in [3.8, 4) is 0 Å². The summed E-state index contributed by atoms with van der Waals surface area (Å²) in [6, 6.07) is 2.13. The molecule has 1 aliphatic carbocycles. The molecule has 8 heteroatoms. The van der Waals surface area contributed by atoms with E-state index >= 15 is 0 Å². The van der Waals surface area contributed by atoms with Crippen LogP contribution in [0.1, 0.15) is 76.0 Å². The fourth-order valence-electron chi connectivity index (χ4n) is 4.06. The van der Waals surface area contributed by atoms with Gasteiger partial charge in [-0.25, -0.2) is 4.98 Å². The summed E-state index contributed by atoms with van der Waals surface area (Å²) >= 11 is 1.40. The van der Waals surface area contributed by atoms with Gasteiger partial charge in [-0.1, -0.05) is 12.8 Å². The smallest absolute Gasteiger partial charge is 0.271 e. The molecule has 1 atom stereocenters. The Kier molecular flexibility index (Phi) is 5.24. The van der Waals surface area contributed by atoms with Crippen LogP contribution in [0.4, 0.5) is 0 Å². The van der Waals surface area contributed by atoms with Crippen molar-refractivity contribution in [3.63, 3.8) is 0 Å². The number of nitrogens with zero attached hydrogens (tertiary/aromatic N) is 3. The van der Waals surface area contributed by atoms with E-state index in [2.05, 4.69) is 20.5 Å². The number of carbonyl (C=O) groups is 2. The van der Waals surface area contributed by atoms with Gasteiger partial charge < -0.3 is 10.2 Å². The molecule has 27 heavy (non-hydrogen) atoms. The number of rotatable bonds is 4. The van der Waals surface area contributed by atoms with Crippen molar-refractivity contribution in [2.24, 2.45) is 0 Å². The minimum atomic E-state index is -0.103. The van der Waals surface area contributed by atoms with Gasteiger partial charge in [0.15, 0.2) is 0 Å². The molecule has 2 fully saturated rings. The largest absolute Gasteiger partial charge is 0.348 e. The Labute approximate surface area is 162 Å². The lowest BCUT2D eigenvalue weighted by molar-refractivity contribution is 0.0709. The summed E-state index contributed by atoms with van der Waals surface area (Å²) in [6.07, 6.45) is 6.40. The molecule has 7 nitrogen and oxygen atoms in total. The number of amides is 2. The number of aryl methyl sites for hydroxylation is 1. The molecule has 4 rings (SSSR count). The highest BCUT2D eigenvalue weighted by atomic mass is 32.1. The monoisotopic (exact) mass is 387 g/mol. The van der Waals surface area contributed by atoms with Gasteiger partial charge in [-0.05, 0) is 38.7 Å². The van der Waals surface area contributed by atoms with Gasteiger partial charge in [0.05, 0.1) is 11.2 Å². The van der Waals surface area contributed by atoms with Crippen LogP contribution in [0.3, 0.4) is 0 Å². The van der Waals surface area contributed by atoms with Crippen molar-refractivity contribution in [3.05, 3.63) is 33.5 Å². The SMILES string of the molecule is Cc1ncsc1C(=O)N1CCC[C@H](c2cc(C(=O)NC3CCCC3)n[nH]2)C1. The van der Waals surface area contributed by atoms with Crippen molar-refractivity contribution < 1.29 is 9.59 Å².